The molecule has 0 aliphatic rings. The monoisotopic (exact) mass is 163 g/mol. The van der Waals surface area contributed by atoms with Crippen molar-refractivity contribution in [2.24, 2.45) is 0 Å². The van der Waals surface area contributed by atoms with E-state index in [-0.39, 0.29) is 6.42 Å². The van der Waals surface area contributed by atoms with Gasteiger partial charge < -0.3 is 5.11 Å². The van der Waals surface area contributed by atoms with Crippen LogP contribution in [0.4, 0.5) is 0 Å². The molecule has 2 nitrogen and oxygen atoms in total. The third-order valence-corrected chi connectivity index (χ3v) is 1.54. The first-order chi connectivity index (χ1) is 5.79. The number of aliphatic carboxylic acids is 1. The highest BCUT2D eigenvalue weighted by atomic mass is 16.4. The van der Waals surface area contributed by atoms with Gasteiger partial charge in [-0.25, -0.2) is 0 Å². The summed E-state index contributed by atoms with van der Waals surface area (Å²) >= 11 is 0. The molecule has 0 spiro atoms. The molecule has 1 N–H and O–H groups in total. The number of carbonyl (C=O) groups is 1. The van der Waals surface area contributed by atoms with Gasteiger partial charge in [0.1, 0.15) is 0 Å². The van der Waals surface area contributed by atoms with Crippen LogP contribution in [-0.4, -0.2) is 11.1 Å². The first-order valence-corrected chi connectivity index (χ1v) is 3.86. The average Bonchev–Trinajstić information content (AvgIpc) is 2.05. The molecule has 0 saturated carbocycles. The van der Waals surface area contributed by atoms with Crippen LogP contribution >= 0.6 is 0 Å². The van der Waals surface area contributed by atoms with E-state index in [0.717, 1.165) is 12.0 Å². The molecule has 1 rings (SSSR count). The predicted octanol–water partition coefficient (Wildman–Crippen LogP) is 1.91. The highest BCUT2D eigenvalue weighted by molar-refractivity contribution is 5.68. The zero-order valence-corrected chi connectivity index (χ0v) is 6.73. The van der Waals surface area contributed by atoms with Crippen LogP contribution in [0.2, 0.25) is 0 Å². The number of benzene rings is 1. The van der Waals surface area contributed by atoms with E-state index in [1.54, 1.807) is 6.42 Å². The maximum atomic E-state index is 10.2. The molecule has 2 heteroatoms. The molecule has 0 bridgehead atoms. The van der Waals surface area contributed by atoms with E-state index in [4.69, 9.17) is 5.11 Å². The lowest BCUT2D eigenvalue weighted by Crippen LogP contribution is -1.96. The zero-order chi connectivity index (χ0) is 8.81. The van der Waals surface area contributed by atoms with Gasteiger partial charge in [-0.05, 0) is 18.4 Å². The molecular weight excluding hydrogens is 152 g/mol. The van der Waals surface area contributed by atoms with E-state index in [1.807, 2.05) is 30.3 Å². The van der Waals surface area contributed by atoms with E-state index in [9.17, 15) is 4.79 Å². The average molecular weight is 163 g/mol. The van der Waals surface area contributed by atoms with Crippen LogP contribution in [0, 0.1) is 6.42 Å². The van der Waals surface area contributed by atoms with Crippen molar-refractivity contribution < 1.29 is 9.90 Å². The summed E-state index contributed by atoms with van der Waals surface area (Å²) in [5, 5.41) is 8.36. The van der Waals surface area contributed by atoms with Crippen LogP contribution in [0.25, 0.3) is 0 Å². The van der Waals surface area contributed by atoms with Crippen molar-refractivity contribution in [3.8, 4) is 0 Å². The van der Waals surface area contributed by atoms with E-state index in [2.05, 4.69) is 0 Å². The van der Waals surface area contributed by atoms with Crippen LogP contribution in [-0.2, 0) is 11.2 Å². The second-order valence-corrected chi connectivity index (χ2v) is 2.58. The molecule has 0 aliphatic carbocycles. The third-order valence-electron chi connectivity index (χ3n) is 1.54. The Bertz CT molecular complexity index is 241. The lowest BCUT2D eigenvalue weighted by molar-refractivity contribution is -0.136. The van der Waals surface area contributed by atoms with Gasteiger partial charge in [-0.2, -0.15) is 0 Å². The van der Waals surface area contributed by atoms with Crippen LogP contribution in [0.3, 0.4) is 0 Å². The van der Waals surface area contributed by atoms with Gasteiger partial charge in [0.05, 0.1) is 0 Å². The van der Waals surface area contributed by atoms with Gasteiger partial charge in [0.25, 0.3) is 0 Å². The number of carboxylic acids is 1. The molecular formula is C10H11O2. The topological polar surface area (TPSA) is 37.3 Å². The summed E-state index contributed by atoms with van der Waals surface area (Å²) in [7, 11) is 0. The van der Waals surface area contributed by atoms with Crippen molar-refractivity contribution in [2.45, 2.75) is 12.8 Å². The van der Waals surface area contributed by atoms with Crippen LogP contribution in [0.15, 0.2) is 30.3 Å². The predicted molar refractivity (Wildman–Crippen MR) is 46.7 cm³/mol. The van der Waals surface area contributed by atoms with E-state index >= 15 is 0 Å². The molecule has 0 aromatic heterocycles. The Morgan fingerprint density at radius 3 is 2.58 bits per heavy atom. The minimum atomic E-state index is -0.772. The van der Waals surface area contributed by atoms with Crippen molar-refractivity contribution in [3.05, 3.63) is 42.3 Å². The Balaban J connectivity index is 2.29. The molecule has 12 heavy (non-hydrogen) atoms. The fourth-order valence-corrected chi connectivity index (χ4v) is 0.976. The van der Waals surface area contributed by atoms with E-state index in [1.165, 1.54) is 0 Å². The van der Waals surface area contributed by atoms with Crippen LogP contribution in [0.1, 0.15) is 12.0 Å². The molecule has 0 unspecified atom stereocenters. The second kappa shape index (κ2) is 4.54. The van der Waals surface area contributed by atoms with Gasteiger partial charge >= 0.3 is 5.97 Å². The zero-order valence-electron chi connectivity index (χ0n) is 6.73. The quantitative estimate of drug-likeness (QED) is 0.736. The molecule has 0 saturated heterocycles. The first-order valence-electron chi connectivity index (χ1n) is 3.86. The molecule has 0 aliphatic heterocycles. The van der Waals surface area contributed by atoms with Gasteiger partial charge in [-0.15, -0.1) is 0 Å². The highest BCUT2D eigenvalue weighted by Gasteiger charge is 1.97. The van der Waals surface area contributed by atoms with Gasteiger partial charge in [-0.1, -0.05) is 30.3 Å². The van der Waals surface area contributed by atoms with Gasteiger partial charge in [0.2, 0.25) is 0 Å². The number of hydrogen-bond acceptors (Lipinski definition) is 1. The fraction of sp³-hybridized carbons (Fsp3) is 0.200. The summed E-state index contributed by atoms with van der Waals surface area (Å²) in [5.41, 5.74) is 1.15. The van der Waals surface area contributed by atoms with Crippen LogP contribution in [0.5, 0.6) is 0 Å². The molecule has 0 amide bonds. The molecule has 1 aromatic rings. The minimum Gasteiger partial charge on any atom is -0.481 e. The summed E-state index contributed by atoms with van der Waals surface area (Å²) in [6.45, 7) is 0. The van der Waals surface area contributed by atoms with E-state index in [0.29, 0.717) is 0 Å². The second-order valence-electron chi connectivity index (χ2n) is 2.58. The molecule has 1 aromatic carbocycles. The Hall–Kier alpha value is -1.31. The smallest absolute Gasteiger partial charge is 0.303 e. The number of carboxylic acid groups (broad SMARTS) is 1. The van der Waals surface area contributed by atoms with Crippen molar-refractivity contribution >= 4 is 5.97 Å². The molecule has 1 radical (unpaired) electrons. The summed E-state index contributed by atoms with van der Waals surface area (Å²) < 4.78 is 0. The Kier molecular flexibility index (Phi) is 3.33. The third kappa shape index (κ3) is 3.19. The fourth-order valence-electron chi connectivity index (χ4n) is 0.976. The minimum absolute atomic E-state index is 0.134. The Morgan fingerprint density at radius 1 is 1.33 bits per heavy atom. The van der Waals surface area contributed by atoms with Gasteiger partial charge in [0, 0.05) is 6.42 Å². The maximum absolute atomic E-state index is 10.2. The first kappa shape index (κ1) is 8.78. The number of hydrogen-bond donors (Lipinski definition) is 1. The standard InChI is InChI=1S/C10H11O2/c11-10(12)8-4-7-9-5-2-1-3-6-9/h1-6H,7-8H2,(H,11,12). The SMILES string of the molecule is O=C(O)C[CH]Cc1ccccc1. The summed E-state index contributed by atoms with van der Waals surface area (Å²) in [6, 6.07) is 9.81. The van der Waals surface area contributed by atoms with Crippen molar-refractivity contribution in [2.75, 3.05) is 0 Å². The van der Waals surface area contributed by atoms with Crippen molar-refractivity contribution in [3.63, 3.8) is 0 Å². The lowest BCUT2D eigenvalue weighted by atomic mass is 10.1. The Morgan fingerprint density at radius 2 is 2.00 bits per heavy atom. The van der Waals surface area contributed by atoms with Gasteiger partial charge in [0.15, 0.2) is 0 Å². The van der Waals surface area contributed by atoms with Crippen LogP contribution < -0.4 is 0 Å². The summed E-state index contributed by atoms with van der Waals surface area (Å²) in [5.74, 6) is -0.772. The number of rotatable bonds is 4. The molecule has 0 atom stereocenters. The summed E-state index contributed by atoms with van der Waals surface area (Å²) in [4.78, 5) is 10.2. The molecule has 0 fully saturated rings. The lowest BCUT2D eigenvalue weighted by Gasteiger charge is -1.97. The highest BCUT2D eigenvalue weighted by Crippen LogP contribution is 2.02. The largest absolute Gasteiger partial charge is 0.481 e. The van der Waals surface area contributed by atoms with Crippen molar-refractivity contribution in [1.29, 1.82) is 0 Å². The molecule has 63 valence electrons. The van der Waals surface area contributed by atoms with Crippen molar-refractivity contribution in [1.82, 2.24) is 0 Å². The maximum Gasteiger partial charge on any atom is 0.303 e. The summed E-state index contributed by atoms with van der Waals surface area (Å²) in [6.07, 6.45) is 2.62. The normalized spacial score (nSPS) is 9.67. The van der Waals surface area contributed by atoms with Gasteiger partial charge in [-0.3, -0.25) is 4.79 Å². The Labute approximate surface area is 71.8 Å². The van der Waals surface area contributed by atoms with E-state index < -0.39 is 5.97 Å². The molecule has 0 heterocycles.